The Morgan fingerprint density at radius 1 is 1.27 bits per heavy atom. The van der Waals surface area contributed by atoms with E-state index in [-0.39, 0.29) is 15.8 Å². The number of sulfonamides is 1. The van der Waals surface area contributed by atoms with Gasteiger partial charge in [0.1, 0.15) is 4.90 Å². The molecule has 0 radical (unpaired) electrons. The van der Waals surface area contributed by atoms with Crippen LogP contribution < -0.4 is 5.32 Å². The molecule has 0 saturated carbocycles. The number of aromatic nitrogens is 1. The van der Waals surface area contributed by atoms with Crippen molar-refractivity contribution in [3.05, 3.63) is 40.4 Å². The zero-order valence-electron chi connectivity index (χ0n) is 14.2. The van der Waals surface area contributed by atoms with E-state index in [4.69, 9.17) is 11.6 Å². The van der Waals surface area contributed by atoms with E-state index in [0.29, 0.717) is 37.9 Å². The van der Waals surface area contributed by atoms with E-state index < -0.39 is 10.0 Å². The van der Waals surface area contributed by atoms with Gasteiger partial charge in [0.15, 0.2) is 5.13 Å². The third kappa shape index (κ3) is 4.41. The quantitative estimate of drug-likeness (QED) is 0.811. The molecule has 3 rings (SSSR count). The first-order valence-corrected chi connectivity index (χ1v) is 10.7. The van der Waals surface area contributed by atoms with E-state index in [1.165, 1.54) is 28.6 Å². The van der Waals surface area contributed by atoms with Crippen molar-refractivity contribution >= 4 is 44.0 Å². The highest BCUT2D eigenvalue weighted by molar-refractivity contribution is 7.89. The first-order valence-electron chi connectivity index (χ1n) is 8.05. The van der Waals surface area contributed by atoms with Gasteiger partial charge in [-0.05, 0) is 12.1 Å². The van der Waals surface area contributed by atoms with E-state index in [2.05, 4.69) is 15.2 Å². The Morgan fingerprint density at radius 3 is 2.62 bits per heavy atom. The average molecular weight is 415 g/mol. The molecular weight excluding hydrogens is 396 g/mol. The maximum absolute atomic E-state index is 12.8. The predicted molar refractivity (Wildman–Crippen MR) is 102 cm³/mol. The molecule has 1 aromatic carbocycles. The molecule has 0 unspecified atom stereocenters. The summed E-state index contributed by atoms with van der Waals surface area (Å²) in [7, 11) is -3.58. The Hall–Kier alpha value is -1.52. The molecule has 140 valence electrons. The Bertz CT molecular complexity index is 892. The summed E-state index contributed by atoms with van der Waals surface area (Å²) in [5, 5.41) is 5.38. The van der Waals surface area contributed by atoms with Gasteiger partial charge in [-0.15, -0.1) is 11.3 Å². The van der Waals surface area contributed by atoms with E-state index in [1.54, 1.807) is 18.2 Å². The molecule has 0 bridgehead atoms. The highest BCUT2D eigenvalue weighted by atomic mass is 35.5. The maximum Gasteiger partial charge on any atom is 0.244 e. The molecule has 1 fully saturated rings. The number of hydrogen-bond donors (Lipinski definition) is 1. The lowest BCUT2D eigenvalue weighted by molar-refractivity contribution is -0.114. The number of thiazole rings is 1. The fourth-order valence-electron chi connectivity index (χ4n) is 2.74. The summed E-state index contributed by atoms with van der Waals surface area (Å²) < 4.78 is 27.0. The van der Waals surface area contributed by atoms with Crippen LogP contribution in [0.5, 0.6) is 0 Å². The number of benzene rings is 1. The second-order valence-corrected chi connectivity index (χ2v) is 9.11. The lowest BCUT2D eigenvalue weighted by Crippen LogP contribution is -2.48. The third-order valence-electron chi connectivity index (χ3n) is 4.01. The summed E-state index contributed by atoms with van der Waals surface area (Å²) in [5.41, 5.74) is 0.862. The molecule has 26 heavy (non-hydrogen) atoms. The zero-order valence-corrected chi connectivity index (χ0v) is 16.6. The first kappa shape index (κ1) is 19.2. The zero-order chi connectivity index (χ0) is 18.7. The molecule has 1 aliphatic heterocycles. The molecule has 0 aliphatic carbocycles. The number of anilines is 1. The van der Waals surface area contributed by atoms with Crippen LogP contribution in [0.15, 0.2) is 34.5 Å². The van der Waals surface area contributed by atoms with Crippen LogP contribution in [0, 0.1) is 0 Å². The van der Waals surface area contributed by atoms with E-state index in [1.807, 2.05) is 5.38 Å². The van der Waals surface area contributed by atoms with Gasteiger partial charge in [0, 0.05) is 45.0 Å². The SMILES string of the molecule is CC(=O)Nc1nc(CN2CCN(S(=O)(=O)c3ccccc3Cl)CC2)cs1. The number of hydrogen-bond acceptors (Lipinski definition) is 6. The van der Waals surface area contributed by atoms with Crippen molar-refractivity contribution < 1.29 is 13.2 Å². The van der Waals surface area contributed by atoms with E-state index >= 15 is 0 Å². The largest absolute Gasteiger partial charge is 0.302 e. The minimum absolute atomic E-state index is 0.148. The molecule has 7 nitrogen and oxygen atoms in total. The smallest absolute Gasteiger partial charge is 0.244 e. The summed E-state index contributed by atoms with van der Waals surface area (Å²) in [4.78, 5) is 17.7. The monoisotopic (exact) mass is 414 g/mol. The second-order valence-electron chi connectivity index (χ2n) is 5.94. The fraction of sp³-hybridized carbons (Fsp3) is 0.375. The molecule has 0 spiro atoms. The van der Waals surface area contributed by atoms with Gasteiger partial charge in [0.05, 0.1) is 10.7 Å². The molecular formula is C16H19ClN4O3S2. The van der Waals surface area contributed by atoms with Crippen molar-refractivity contribution in [2.45, 2.75) is 18.4 Å². The van der Waals surface area contributed by atoms with Crippen LogP contribution in [0.3, 0.4) is 0 Å². The van der Waals surface area contributed by atoms with Gasteiger partial charge in [0.25, 0.3) is 0 Å². The van der Waals surface area contributed by atoms with Crippen LogP contribution in [0.1, 0.15) is 12.6 Å². The maximum atomic E-state index is 12.8. The summed E-state index contributed by atoms with van der Waals surface area (Å²) in [5.74, 6) is -0.149. The van der Waals surface area contributed by atoms with Crippen molar-refractivity contribution in [1.29, 1.82) is 0 Å². The summed E-state index contributed by atoms with van der Waals surface area (Å²) in [6.45, 7) is 4.08. The van der Waals surface area contributed by atoms with Crippen molar-refractivity contribution in [2.75, 3.05) is 31.5 Å². The second kappa shape index (κ2) is 8.01. The number of nitrogens with zero attached hydrogens (tertiary/aromatic N) is 3. The van der Waals surface area contributed by atoms with Gasteiger partial charge in [-0.25, -0.2) is 13.4 Å². The van der Waals surface area contributed by atoms with Crippen LogP contribution in [-0.4, -0.2) is 54.7 Å². The van der Waals surface area contributed by atoms with Crippen LogP contribution in [0.25, 0.3) is 0 Å². The molecule has 1 aromatic heterocycles. The Morgan fingerprint density at radius 2 is 1.96 bits per heavy atom. The highest BCUT2D eigenvalue weighted by Gasteiger charge is 2.30. The van der Waals surface area contributed by atoms with Gasteiger partial charge < -0.3 is 5.32 Å². The van der Waals surface area contributed by atoms with Crippen molar-refractivity contribution in [2.24, 2.45) is 0 Å². The van der Waals surface area contributed by atoms with Crippen LogP contribution >= 0.6 is 22.9 Å². The number of rotatable bonds is 5. The molecule has 2 heterocycles. The van der Waals surface area contributed by atoms with Crippen molar-refractivity contribution in [1.82, 2.24) is 14.2 Å². The van der Waals surface area contributed by atoms with Crippen molar-refractivity contribution in [3.8, 4) is 0 Å². The van der Waals surface area contributed by atoms with Crippen LogP contribution in [0.2, 0.25) is 5.02 Å². The van der Waals surface area contributed by atoms with Gasteiger partial charge >= 0.3 is 0 Å². The molecule has 1 amide bonds. The number of carbonyl (C=O) groups excluding carboxylic acids is 1. The normalized spacial score (nSPS) is 16.5. The molecule has 1 aliphatic rings. The lowest BCUT2D eigenvalue weighted by atomic mass is 10.3. The molecule has 1 saturated heterocycles. The number of piperazine rings is 1. The van der Waals surface area contributed by atoms with E-state index in [9.17, 15) is 13.2 Å². The molecule has 10 heteroatoms. The Kier molecular flexibility index (Phi) is 5.93. The molecule has 0 atom stereocenters. The Balaban J connectivity index is 1.60. The molecule has 1 N–H and O–H groups in total. The average Bonchev–Trinajstić information content (AvgIpc) is 3.01. The highest BCUT2D eigenvalue weighted by Crippen LogP contribution is 2.25. The number of halogens is 1. The number of carbonyl (C=O) groups is 1. The van der Waals surface area contributed by atoms with Gasteiger partial charge in [-0.1, -0.05) is 23.7 Å². The van der Waals surface area contributed by atoms with Gasteiger partial charge in [0.2, 0.25) is 15.9 Å². The predicted octanol–water partition coefficient (Wildman–Crippen LogP) is 2.26. The Labute approximate surface area is 161 Å². The minimum atomic E-state index is -3.58. The van der Waals surface area contributed by atoms with Crippen LogP contribution in [-0.2, 0) is 21.4 Å². The van der Waals surface area contributed by atoms with E-state index in [0.717, 1.165) is 5.69 Å². The summed E-state index contributed by atoms with van der Waals surface area (Å²) in [6.07, 6.45) is 0. The number of nitrogens with one attached hydrogen (secondary N) is 1. The van der Waals surface area contributed by atoms with Crippen LogP contribution in [0.4, 0.5) is 5.13 Å². The standard InChI is InChI=1S/C16H19ClN4O3S2/c1-12(22)18-16-19-13(11-25-16)10-20-6-8-21(9-7-20)26(23,24)15-5-3-2-4-14(15)17/h2-5,11H,6-10H2,1H3,(H,18,19,22). The minimum Gasteiger partial charge on any atom is -0.302 e. The first-order chi connectivity index (χ1) is 12.4. The number of amides is 1. The summed E-state index contributed by atoms with van der Waals surface area (Å²) >= 11 is 7.43. The third-order valence-corrected chi connectivity index (χ3v) is 7.21. The lowest BCUT2D eigenvalue weighted by Gasteiger charge is -2.33. The topological polar surface area (TPSA) is 82.6 Å². The summed E-state index contributed by atoms with van der Waals surface area (Å²) in [6, 6.07) is 6.49. The van der Waals surface area contributed by atoms with Crippen molar-refractivity contribution in [3.63, 3.8) is 0 Å². The van der Waals surface area contributed by atoms with Gasteiger partial charge in [-0.3, -0.25) is 9.69 Å². The van der Waals surface area contributed by atoms with Gasteiger partial charge in [-0.2, -0.15) is 4.31 Å². The molecule has 2 aromatic rings. The fourth-order valence-corrected chi connectivity index (χ4v) is 5.40.